The number of halogens is 2. The van der Waals surface area contributed by atoms with Gasteiger partial charge in [-0.15, -0.1) is 0 Å². The number of fused-ring (bicyclic) bond motifs is 1. The highest BCUT2D eigenvalue weighted by molar-refractivity contribution is 6.33. The molecule has 3 aromatic rings. The molecule has 0 unspecified atom stereocenters. The van der Waals surface area contributed by atoms with Gasteiger partial charge >= 0.3 is 0 Å². The number of hydrogen-bond donors (Lipinski definition) is 1. The SMILES string of the molecule is Clc1ccc2c(N3CCNCC3)nc(-c3ccccc3Cl)nc2c1. The van der Waals surface area contributed by atoms with Crippen LogP contribution in [0.2, 0.25) is 10.0 Å². The molecular formula is C18H16Cl2N4. The molecule has 4 nitrogen and oxygen atoms in total. The molecule has 2 aromatic carbocycles. The molecule has 0 bridgehead atoms. The van der Waals surface area contributed by atoms with Crippen molar-refractivity contribution in [3.05, 3.63) is 52.5 Å². The summed E-state index contributed by atoms with van der Waals surface area (Å²) in [5.41, 5.74) is 1.67. The summed E-state index contributed by atoms with van der Waals surface area (Å²) >= 11 is 12.5. The lowest BCUT2D eigenvalue weighted by molar-refractivity contribution is 0.586. The van der Waals surface area contributed by atoms with Crippen molar-refractivity contribution in [2.24, 2.45) is 0 Å². The predicted molar refractivity (Wildman–Crippen MR) is 100 cm³/mol. The Balaban J connectivity index is 1.93. The average Bonchev–Trinajstić information content (AvgIpc) is 2.61. The molecule has 1 fully saturated rings. The molecule has 0 atom stereocenters. The molecule has 1 saturated heterocycles. The van der Waals surface area contributed by atoms with E-state index in [0.717, 1.165) is 48.5 Å². The molecule has 0 aliphatic carbocycles. The number of anilines is 1. The van der Waals surface area contributed by atoms with Crippen molar-refractivity contribution in [3.63, 3.8) is 0 Å². The lowest BCUT2D eigenvalue weighted by Gasteiger charge is -2.29. The van der Waals surface area contributed by atoms with E-state index in [9.17, 15) is 0 Å². The fourth-order valence-electron chi connectivity index (χ4n) is 2.97. The highest BCUT2D eigenvalue weighted by atomic mass is 35.5. The van der Waals surface area contributed by atoms with E-state index in [1.54, 1.807) is 0 Å². The third-order valence-corrected chi connectivity index (χ3v) is 4.73. The minimum atomic E-state index is 0.629. The van der Waals surface area contributed by atoms with Crippen LogP contribution in [0.1, 0.15) is 0 Å². The number of nitrogens with one attached hydrogen (secondary N) is 1. The highest BCUT2D eigenvalue weighted by Gasteiger charge is 2.18. The van der Waals surface area contributed by atoms with Crippen LogP contribution in [0.5, 0.6) is 0 Å². The lowest BCUT2D eigenvalue weighted by Crippen LogP contribution is -2.44. The second kappa shape index (κ2) is 6.55. The first-order valence-electron chi connectivity index (χ1n) is 7.90. The first-order valence-corrected chi connectivity index (χ1v) is 8.66. The minimum Gasteiger partial charge on any atom is -0.353 e. The van der Waals surface area contributed by atoms with Crippen molar-refractivity contribution < 1.29 is 0 Å². The molecule has 1 aliphatic rings. The van der Waals surface area contributed by atoms with Crippen LogP contribution in [-0.4, -0.2) is 36.1 Å². The molecule has 6 heteroatoms. The van der Waals surface area contributed by atoms with Crippen LogP contribution in [0.15, 0.2) is 42.5 Å². The number of hydrogen-bond acceptors (Lipinski definition) is 4. The van der Waals surface area contributed by atoms with Crippen molar-refractivity contribution in [1.29, 1.82) is 0 Å². The Kier molecular flexibility index (Phi) is 4.27. The maximum Gasteiger partial charge on any atom is 0.163 e. The maximum absolute atomic E-state index is 6.35. The van der Waals surface area contributed by atoms with E-state index in [-0.39, 0.29) is 0 Å². The molecular weight excluding hydrogens is 343 g/mol. The molecule has 0 radical (unpaired) electrons. The van der Waals surface area contributed by atoms with E-state index in [1.165, 1.54) is 0 Å². The molecule has 1 aromatic heterocycles. The normalized spacial score (nSPS) is 15.0. The Morgan fingerprint density at radius 3 is 2.54 bits per heavy atom. The number of piperazine rings is 1. The zero-order chi connectivity index (χ0) is 16.5. The highest BCUT2D eigenvalue weighted by Crippen LogP contribution is 2.32. The van der Waals surface area contributed by atoms with Crippen LogP contribution < -0.4 is 10.2 Å². The van der Waals surface area contributed by atoms with Crippen LogP contribution in [-0.2, 0) is 0 Å². The van der Waals surface area contributed by atoms with Gasteiger partial charge in [-0.05, 0) is 30.3 Å². The standard InChI is InChI=1S/C18H16Cl2N4/c19-12-5-6-14-16(11-12)22-17(13-3-1-2-4-15(13)20)23-18(14)24-9-7-21-8-10-24/h1-6,11,21H,7-10H2. The van der Waals surface area contributed by atoms with E-state index in [0.29, 0.717) is 15.9 Å². The Morgan fingerprint density at radius 1 is 0.958 bits per heavy atom. The zero-order valence-corrected chi connectivity index (χ0v) is 14.5. The summed E-state index contributed by atoms with van der Waals surface area (Å²) in [6, 6.07) is 13.4. The summed E-state index contributed by atoms with van der Waals surface area (Å²) in [4.78, 5) is 11.8. The summed E-state index contributed by atoms with van der Waals surface area (Å²) in [6.07, 6.45) is 0. The summed E-state index contributed by atoms with van der Waals surface area (Å²) in [5.74, 6) is 1.57. The third-order valence-electron chi connectivity index (χ3n) is 4.17. The zero-order valence-electron chi connectivity index (χ0n) is 13.0. The topological polar surface area (TPSA) is 41.0 Å². The molecule has 24 heavy (non-hydrogen) atoms. The lowest BCUT2D eigenvalue weighted by atomic mass is 10.1. The van der Waals surface area contributed by atoms with Crippen molar-refractivity contribution in [2.45, 2.75) is 0 Å². The quantitative estimate of drug-likeness (QED) is 0.751. The molecule has 2 heterocycles. The Morgan fingerprint density at radius 2 is 1.75 bits per heavy atom. The molecule has 0 amide bonds. The molecule has 1 aliphatic heterocycles. The van der Waals surface area contributed by atoms with Gasteiger partial charge < -0.3 is 10.2 Å². The Bertz CT molecular complexity index is 891. The van der Waals surface area contributed by atoms with E-state index in [1.807, 2.05) is 42.5 Å². The number of rotatable bonds is 2. The number of nitrogens with zero attached hydrogens (tertiary/aromatic N) is 3. The molecule has 4 rings (SSSR count). The first-order chi connectivity index (χ1) is 11.7. The maximum atomic E-state index is 6.35. The second-order valence-electron chi connectivity index (χ2n) is 5.75. The summed E-state index contributed by atoms with van der Waals surface area (Å²) in [5, 5.41) is 5.69. The van der Waals surface area contributed by atoms with E-state index in [2.05, 4.69) is 10.2 Å². The van der Waals surface area contributed by atoms with Crippen molar-refractivity contribution >= 4 is 39.9 Å². The minimum absolute atomic E-state index is 0.629. The van der Waals surface area contributed by atoms with Crippen molar-refractivity contribution in [3.8, 4) is 11.4 Å². The average molecular weight is 359 g/mol. The van der Waals surface area contributed by atoms with Gasteiger partial charge in [0.05, 0.1) is 10.5 Å². The van der Waals surface area contributed by atoms with E-state index >= 15 is 0 Å². The number of aromatic nitrogens is 2. The van der Waals surface area contributed by atoms with E-state index in [4.69, 9.17) is 33.2 Å². The Hall–Kier alpha value is -1.88. The molecule has 1 N–H and O–H groups in total. The molecule has 0 saturated carbocycles. The largest absolute Gasteiger partial charge is 0.353 e. The van der Waals surface area contributed by atoms with Crippen molar-refractivity contribution in [2.75, 3.05) is 31.1 Å². The van der Waals surface area contributed by atoms with Crippen LogP contribution in [0.3, 0.4) is 0 Å². The van der Waals surface area contributed by atoms with Crippen LogP contribution in [0.4, 0.5) is 5.82 Å². The van der Waals surface area contributed by atoms with Crippen LogP contribution in [0.25, 0.3) is 22.3 Å². The fourth-order valence-corrected chi connectivity index (χ4v) is 3.35. The van der Waals surface area contributed by atoms with Gasteiger partial charge in [-0.2, -0.15) is 0 Å². The summed E-state index contributed by atoms with van der Waals surface area (Å²) in [7, 11) is 0. The van der Waals surface area contributed by atoms with Gasteiger partial charge in [0.25, 0.3) is 0 Å². The summed E-state index contributed by atoms with van der Waals surface area (Å²) < 4.78 is 0. The van der Waals surface area contributed by atoms with Gasteiger partial charge in [-0.3, -0.25) is 0 Å². The predicted octanol–water partition coefficient (Wildman–Crippen LogP) is 4.01. The molecule has 122 valence electrons. The van der Waals surface area contributed by atoms with Gasteiger partial charge in [-0.25, -0.2) is 9.97 Å². The van der Waals surface area contributed by atoms with Gasteiger partial charge in [0.1, 0.15) is 5.82 Å². The van der Waals surface area contributed by atoms with Crippen LogP contribution in [0, 0.1) is 0 Å². The van der Waals surface area contributed by atoms with Crippen molar-refractivity contribution in [1.82, 2.24) is 15.3 Å². The number of benzene rings is 2. The second-order valence-corrected chi connectivity index (χ2v) is 6.59. The molecule has 0 spiro atoms. The monoisotopic (exact) mass is 358 g/mol. The summed E-state index contributed by atoms with van der Waals surface area (Å²) in [6.45, 7) is 3.72. The van der Waals surface area contributed by atoms with E-state index < -0.39 is 0 Å². The fraction of sp³-hybridized carbons (Fsp3) is 0.222. The van der Waals surface area contributed by atoms with Gasteiger partial charge in [0.2, 0.25) is 0 Å². The third kappa shape index (κ3) is 2.93. The van der Waals surface area contributed by atoms with Crippen LogP contribution >= 0.6 is 23.2 Å². The van der Waals surface area contributed by atoms with Gasteiger partial charge in [0.15, 0.2) is 5.82 Å². The van der Waals surface area contributed by atoms with Gasteiger partial charge in [-0.1, -0.05) is 35.3 Å². The van der Waals surface area contributed by atoms with Gasteiger partial charge in [0, 0.05) is 42.2 Å². The first kappa shape index (κ1) is 15.6. The Labute approximate surface area is 150 Å². The smallest absolute Gasteiger partial charge is 0.163 e.